The molecule has 1 spiro atoms. The first kappa shape index (κ1) is 21.8. The SMILES string of the molecule is CC(C)N1CCN(CCCN2CC3(CCN(C(=O)[C@@H]4CCCN4)CC3)OC2=O)CC1. The molecule has 8 heteroatoms. The van der Waals surface area contributed by atoms with Gasteiger partial charge in [0.1, 0.15) is 5.60 Å². The first-order valence-electron chi connectivity index (χ1n) is 11.9. The number of nitrogens with one attached hydrogen (secondary N) is 1. The van der Waals surface area contributed by atoms with Crippen molar-refractivity contribution in [3.8, 4) is 0 Å². The Kier molecular flexibility index (Phi) is 6.85. The third kappa shape index (κ3) is 4.92. The van der Waals surface area contributed by atoms with Gasteiger partial charge in [0.25, 0.3) is 0 Å². The highest BCUT2D eigenvalue weighted by Gasteiger charge is 2.47. The van der Waals surface area contributed by atoms with Crippen LogP contribution in [0.15, 0.2) is 0 Å². The number of ether oxygens (including phenoxy) is 1. The van der Waals surface area contributed by atoms with Crippen LogP contribution in [0.1, 0.15) is 46.0 Å². The second kappa shape index (κ2) is 9.40. The Morgan fingerprint density at radius 3 is 2.50 bits per heavy atom. The van der Waals surface area contributed by atoms with Gasteiger partial charge >= 0.3 is 6.09 Å². The number of rotatable bonds is 6. The van der Waals surface area contributed by atoms with Crippen LogP contribution in [-0.4, -0.2) is 115 Å². The number of hydrogen-bond acceptors (Lipinski definition) is 6. The average Bonchev–Trinajstić information content (AvgIpc) is 3.37. The molecule has 0 aromatic carbocycles. The Morgan fingerprint density at radius 2 is 1.87 bits per heavy atom. The third-order valence-corrected chi connectivity index (χ3v) is 7.43. The zero-order valence-electron chi connectivity index (χ0n) is 18.8. The molecule has 1 N–H and O–H groups in total. The van der Waals surface area contributed by atoms with E-state index in [4.69, 9.17) is 4.74 Å². The molecule has 0 saturated carbocycles. The van der Waals surface area contributed by atoms with Crippen molar-refractivity contribution in [2.45, 2.75) is 63.6 Å². The standard InChI is InChI=1S/C22H39N5O3/c1-18(2)25-15-13-24(14-16-25)9-4-10-27-17-22(30-21(27)29)6-11-26(12-7-22)20(28)19-5-3-8-23-19/h18-19,23H,3-17H2,1-2H3/t19-/m0/s1. The van der Waals surface area contributed by atoms with Crippen LogP contribution >= 0.6 is 0 Å². The first-order valence-corrected chi connectivity index (χ1v) is 11.9. The molecule has 1 atom stereocenters. The summed E-state index contributed by atoms with van der Waals surface area (Å²) in [6.45, 7) is 13.8. The van der Waals surface area contributed by atoms with Crippen molar-refractivity contribution in [3.05, 3.63) is 0 Å². The highest BCUT2D eigenvalue weighted by molar-refractivity contribution is 5.82. The fourth-order valence-electron chi connectivity index (χ4n) is 5.36. The van der Waals surface area contributed by atoms with Crippen LogP contribution in [0.2, 0.25) is 0 Å². The monoisotopic (exact) mass is 421 g/mol. The summed E-state index contributed by atoms with van der Waals surface area (Å²) in [6, 6.07) is 0.614. The molecule has 30 heavy (non-hydrogen) atoms. The van der Waals surface area contributed by atoms with Crippen molar-refractivity contribution in [2.24, 2.45) is 0 Å². The molecule has 4 aliphatic heterocycles. The van der Waals surface area contributed by atoms with Gasteiger partial charge in [0.2, 0.25) is 5.91 Å². The number of nitrogens with zero attached hydrogens (tertiary/aromatic N) is 4. The zero-order valence-corrected chi connectivity index (χ0v) is 18.8. The number of piperidine rings is 1. The van der Waals surface area contributed by atoms with Crippen LogP contribution in [0.3, 0.4) is 0 Å². The van der Waals surface area contributed by atoms with Crippen molar-refractivity contribution < 1.29 is 14.3 Å². The molecule has 8 nitrogen and oxygen atoms in total. The number of amides is 2. The Bertz CT molecular complexity index is 606. The predicted molar refractivity (Wildman–Crippen MR) is 115 cm³/mol. The van der Waals surface area contributed by atoms with Gasteiger partial charge < -0.3 is 24.8 Å². The Balaban J connectivity index is 1.18. The number of piperazine rings is 1. The fraction of sp³-hybridized carbons (Fsp3) is 0.909. The average molecular weight is 422 g/mol. The van der Waals surface area contributed by atoms with Gasteiger partial charge in [-0.2, -0.15) is 0 Å². The maximum absolute atomic E-state index is 12.6. The molecule has 2 amide bonds. The topological polar surface area (TPSA) is 68.4 Å². The number of carbonyl (C=O) groups is 2. The second-order valence-corrected chi connectivity index (χ2v) is 9.77. The molecule has 0 aromatic heterocycles. The van der Waals surface area contributed by atoms with Gasteiger partial charge in [-0.1, -0.05) is 0 Å². The van der Waals surface area contributed by atoms with E-state index in [1.807, 2.05) is 9.80 Å². The molecule has 170 valence electrons. The summed E-state index contributed by atoms with van der Waals surface area (Å²) in [5, 5.41) is 3.30. The van der Waals surface area contributed by atoms with Gasteiger partial charge in [0, 0.05) is 64.7 Å². The van der Waals surface area contributed by atoms with Gasteiger partial charge in [-0.05, 0) is 46.2 Å². The van der Waals surface area contributed by atoms with E-state index in [1.54, 1.807) is 0 Å². The van der Waals surface area contributed by atoms with E-state index in [1.165, 1.54) is 0 Å². The van der Waals surface area contributed by atoms with E-state index in [-0.39, 0.29) is 23.6 Å². The van der Waals surface area contributed by atoms with Crippen molar-refractivity contribution in [1.82, 2.24) is 24.9 Å². The molecule has 0 radical (unpaired) electrons. The van der Waals surface area contributed by atoms with E-state index in [9.17, 15) is 9.59 Å². The van der Waals surface area contributed by atoms with E-state index in [2.05, 4.69) is 29.0 Å². The summed E-state index contributed by atoms with van der Waals surface area (Å²) in [6.07, 6.45) is 4.35. The molecule has 0 bridgehead atoms. The van der Waals surface area contributed by atoms with Crippen LogP contribution in [0.25, 0.3) is 0 Å². The predicted octanol–water partition coefficient (Wildman–Crippen LogP) is 0.968. The quantitative estimate of drug-likeness (QED) is 0.689. The van der Waals surface area contributed by atoms with Crippen LogP contribution < -0.4 is 5.32 Å². The maximum atomic E-state index is 12.6. The van der Waals surface area contributed by atoms with E-state index in [0.29, 0.717) is 25.7 Å². The number of carbonyl (C=O) groups excluding carboxylic acids is 2. The maximum Gasteiger partial charge on any atom is 0.410 e. The van der Waals surface area contributed by atoms with Crippen LogP contribution in [-0.2, 0) is 9.53 Å². The summed E-state index contributed by atoms with van der Waals surface area (Å²) in [5.74, 6) is 0.223. The van der Waals surface area contributed by atoms with Crippen molar-refractivity contribution in [2.75, 3.05) is 65.4 Å². The highest BCUT2D eigenvalue weighted by Crippen LogP contribution is 2.33. The van der Waals surface area contributed by atoms with Crippen molar-refractivity contribution in [1.29, 1.82) is 0 Å². The summed E-state index contributed by atoms with van der Waals surface area (Å²) in [5.41, 5.74) is -0.389. The number of likely N-dealkylation sites (tertiary alicyclic amines) is 1. The number of hydrogen-bond donors (Lipinski definition) is 1. The van der Waals surface area contributed by atoms with Gasteiger partial charge in [-0.25, -0.2) is 4.79 Å². The lowest BCUT2D eigenvalue weighted by Gasteiger charge is -2.38. The van der Waals surface area contributed by atoms with Crippen LogP contribution in [0.5, 0.6) is 0 Å². The Morgan fingerprint density at radius 1 is 1.13 bits per heavy atom. The van der Waals surface area contributed by atoms with Gasteiger partial charge in [-0.3, -0.25) is 9.69 Å². The molecular formula is C22H39N5O3. The Labute approximate surface area is 180 Å². The first-order chi connectivity index (χ1) is 14.5. The highest BCUT2D eigenvalue weighted by atomic mass is 16.6. The molecule has 4 saturated heterocycles. The molecular weight excluding hydrogens is 382 g/mol. The van der Waals surface area contributed by atoms with E-state index < -0.39 is 0 Å². The lowest BCUT2D eigenvalue weighted by Crippen LogP contribution is -2.52. The lowest BCUT2D eigenvalue weighted by molar-refractivity contribution is -0.136. The lowest BCUT2D eigenvalue weighted by atomic mass is 9.91. The van der Waals surface area contributed by atoms with Gasteiger partial charge in [0.05, 0.1) is 12.6 Å². The summed E-state index contributed by atoms with van der Waals surface area (Å²) < 4.78 is 5.85. The van der Waals surface area contributed by atoms with Gasteiger partial charge in [0.15, 0.2) is 0 Å². The smallest absolute Gasteiger partial charge is 0.410 e. The van der Waals surface area contributed by atoms with E-state index >= 15 is 0 Å². The largest absolute Gasteiger partial charge is 0.441 e. The van der Waals surface area contributed by atoms with E-state index in [0.717, 1.165) is 77.9 Å². The van der Waals surface area contributed by atoms with Gasteiger partial charge in [-0.15, -0.1) is 0 Å². The molecule has 4 fully saturated rings. The molecule has 4 rings (SSSR count). The fourth-order valence-corrected chi connectivity index (χ4v) is 5.36. The second-order valence-electron chi connectivity index (χ2n) is 9.77. The summed E-state index contributed by atoms with van der Waals surface area (Å²) >= 11 is 0. The van der Waals surface area contributed by atoms with Crippen LogP contribution in [0, 0.1) is 0 Å². The molecule has 0 unspecified atom stereocenters. The summed E-state index contributed by atoms with van der Waals surface area (Å²) in [7, 11) is 0. The van der Waals surface area contributed by atoms with Crippen LogP contribution in [0.4, 0.5) is 4.79 Å². The molecule has 0 aromatic rings. The minimum atomic E-state index is -0.389. The summed E-state index contributed by atoms with van der Waals surface area (Å²) in [4.78, 5) is 34.0. The minimum Gasteiger partial charge on any atom is -0.441 e. The van der Waals surface area contributed by atoms with Crippen molar-refractivity contribution >= 4 is 12.0 Å². The minimum absolute atomic E-state index is 0.0101. The molecule has 4 heterocycles. The Hall–Kier alpha value is -1.38. The molecule has 0 aliphatic carbocycles. The molecule has 4 aliphatic rings. The normalized spacial score (nSPS) is 28.0. The zero-order chi connectivity index (χ0) is 21.1. The third-order valence-electron chi connectivity index (χ3n) is 7.43. The van der Waals surface area contributed by atoms with Crippen molar-refractivity contribution in [3.63, 3.8) is 0 Å².